The first-order chi connectivity index (χ1) is 12.0. The molecule has 0 aliphatic carbocycles. The van der Waals surface area contributed by atoms with Gasteiger partial charge in [-0.05, 0) is 38.8 Å². The average Bonchev–Trinajstić information content (AvgIpc) is 2.61. The van der Waals surface area contributed by atoms with Crippen molar-refractivity contribution in [2.24, 2.45) is 4.99 Å². The number of aliphatic imine (C=N–C) groups is 1. The highest BCUT2D eigenvalue weighted by molar-refractivity contribution is 5.99. The standard InChI is InChI=1S/C21H27NO3/c1-5-7-14-20(25-15-18-12-9-8-10-13-18)19(11-6-2)22-17(4)16(3)21(23)24/h5,7-10,12-14H,6,11,15H2,1-4H3,(H,23,24)/b7-5-,17-16+,20-14+,22-19+. The Morgan fingerprint density at radius 3 is 2.48 bits per heavy atom. The maximum Gasteiger partial charge on any atom is 0.333 e. The Labute approximate surface area is 150 Å². The number of hydrogen-bond acceptors (Lipinski definition) is 3. The van der Waals surface area contributed by atoms with Crippen LogP contribution >= 0.6 is 0 Å². The number of allylic oxidation sites excluding steroid dienone is 5. The molecule has 1 aromatic carbocycles. The summed E-state index contributed by atoms with van der Waals surface area (Å²) in [5.41, 5.74) is 2.56. The number of carbonyl (C=O) groups is 1. The van der Waals surface area contributed by atoms with E-state index in [4.69, 9.17) is 9.84 Å². The molecule has 0 aliphatic rings. The largest absolute Gasteiger partial charge is 0.487 e. The van der Waals surface area contributed by atoms with Gasteiger partial charge in [-0.1, -0.05) is 55.8 Å². The Kier molecular flexibility index (Phi) is 9.01. The average molecular weight is 341 g/mol. The van der Waals surface area contributed by atoms with Crippen LogP contribution in [-0.2, 0) is 16.1 Å². The van der Waals surface area contributed by atoms with Gasteiger partial charge >= 0.3 is 5.97 Å². The molecule has 134 valence electrons. The van der Waals surface area contributed by atoms with Crippen molar-refractivity contribution >= 4 is 11.7 Å². The molecule has 0 aromatic heterocycles. The van der Waals surface area contributed by atoms with E-state index < -0.39 is 5.97 Å². The van der Waals surface area contributed by atoms with E-state index in [9.17, 15) is 4.79 Å². The fourth-order valence-electron chi connectivity index (χ4n) is 2.06. The smallest absolute Gasteiger partial charge is 0.333 e. The van der Waals surface area contributed by atoms with Crippen molar-refractivity contribution in [1.82, 2.24) is 0 Å². The van der Waals surface area contributed by atoms with Crippen molar-refractivity contribution < 1.29 is 14.6 Å². The third-order valence-corrected chi connectivity index (χ3v) is 3.61. The Morgan fingerprint density at radius 1 is 1.24 bits per heavy atom. The number of carboxylic acids is 1. The maximum atomic E-state index is 11.1. The molecule has 0 bridgehead atoms. The molecule has 25 heavy (non-hydrogen) atoms. The summed E-state index contributed by atoms with van der Waals surface area (Å²) >= 11 is 0. The van der Waals surface area contributed by atoms with Gasteiger partial charge in [0.05, 0.1) is 11.3 Å². The number of ether oxygens (including phenoxy) is 1. The fraction of sp³-hybridized carbons (Fsp3) is 0.333. The summed E-state index contributed by atoms with van der Waals surface area (Å²) in [6.07, 6.45) is 7.29. The van der Waals surface area contributed by atoms with Crippen molar-refractivity contribution in [1.29, 1.82) is 0 Å². The van der Waals surface area contributed by atoms with E-state index in [1.807, 2.05) is 55.5 Å². The second-order valence-electron chi connectivity index (χ2n) is 5.66. The van der Waals surface area contributed by atoms with Crippen LogP contribution in [0, 0.1) is 0 Å². The first kappa shape index (κ1) is 20.4. The quantitative estimate of drug-likeness (QED) is 0.287. The van der Waals surface area contributed by atoms with Gasteiger partial charge in [0.25, 0.3) is 0 Å². The summed E-state index contributed by atoms with van der Waals surface area (Å²) in [6, 6.07) is 9.91. The molecule has 0 unspecified atom stereocenters. The lowest BCUT2D eigenvalue weighted by atomic mass is 10.1. The molecule has 0 radical (unpaired) electrons. The summed E-state index contributed by atoms with van der Waals surface area (Å²) in [5, 5.41) is 9.14. The van der Waals surface area contributed by atoms with Gasteiger partial charge in [0, 0.05) is 5.70 Å². The molecule has 0 heterocycles. The SMILES string of the molecule is C\C=C/C=C(OCc1ccccc1)\C(CCC)=N\C(C)=C(/C)C(=O)O. The summed E-state index contributed by atoms with van der Waals surface area (Å²) in [6.45, 7) is 7.70. The molecule has 4 nitrogen and oxygen atoms in total. The molecule has 4 heteroatoms. The lowest BCUT2D eigenvalue weighted by Crippen LogP contribution is -2.08. The Morgan fingerprint density at radius 2 is 1.92 bits per heavy atom. The van der Waals surface area contributed by atoms with Crippen LogP contribution < -0.4 is 0 Å². The molecule has 1 rings (SSSR count). The second-order valence-corrected chi connectivity index (χ2v) is 5.66. The molecule has 0 spiro atoms. The third-order valence-electron chi connectivity index (χ3n) is 3.61. The highest BCUT2D eigenvalue weighted by atomic mass is 16.5. The van der Waals surface area contributed by atoms with E-state index in [1.165, 1.54) is 0 Å². The van der Waals surface area contributed by atoms with Crippen molar-refractivity contribution in [2.75, 3.05) is 0 Å². The van der Waals surface area contributed by atoms with Crippen LogP contribution in [0.3, 0.4) is 0 Å². The zero-order chi connectivity index (χ0) is 18.7. The molecule has 0 saturated heterocycles. The fourth-order valence-corrected chi connectivity index (χ4v) is 2.06. The van der Waals surface area contributed by atoms with Crippen molar-refractivity contribution in [3.05, 3.63) is 71.2 Å². The first-order valence-electron chi connectivity index (χ1n) is 8.48. The summed E-state index contributed by atoms with van der Waals surface area (Å²) in [7, 11) is 0. The summed E-state index contributed by atoms with van der Waals surface area (Å²) in [5.74, 6) is -0.289. The molecule has 0 aliphatic heterocycles. The van der Waals surface area contributed by atoms with E-state index >= 15 is 0 Å². The van der Waals surface area contributed by atoms with Crippen LogP contribution in [0.5, 0.6) is 0 Å². The monoisotopic (exact) mass is 341 g/mol. The Bertz CT molecular complexity index is 682. The van der Waals surface area contributed by atoms with Gasteiger partial charge in [-0.3, -0.25) is 4.99 Å². The lowest BCUT2D eigenvalue weighted by molar-refractivity contribution is -0.132. The molecule has 0 amide bonds. The minimum atomic E-state index is -0.957. The van der Waals surface area contributed by atoms with E-state index in [1.54, 1.807) is 13.8 Å². The first-order valence-corrected chi connectivity index (χ1v) is 8.48. The maximum absolute atomic E-state index is 11.1. The van der Waals surface area contributed by atoms with E-state index in [-0.39, 0.29) is 5.57 Å². The predicted octanol–water partition coefficient (Wildman–Crippen LogP) is 5.28. The van der Waals surface area contributed by atoms with Crippen LogP contribution in [0.15, 0.2) is 70.6 Å². The molecule has 0 atom stereocenters. The Balaban J connectivity index is 3.14. The number of rotatable bonds is 9. The Hall–Kier alpha value is -2.62. The van der Waals surface area contributed by atoms with Crippen LogP contribution in [0.4, 0.5) is 0 Å². The van der Waals surface area contributed by atoms with Gasteiger partial charge in [0.1, 0.15) is 12.4 Å². The highest BCUT2D eigenvalue weighted by Gasteiger charge is 2.11. The van der Waals surface area contributed by atoms with E-state index in [0.29, 0.717) is 24.5 Å². The molecule has 1 N–H and O–H groups in total. The van der Waals surface area contributed by atoms with Gasteiger partial charge in [0.15, 0.2) is 0 Å². The predicted molar refractivity (Wildman–Crippen MR) is 102 cm³/mol. The van der Waals surface area contributed by atoms with Gasteiger partial charge in [-0.25, -0.2) is 4.79 Å². The number of aliphatic carboxylic acids is 1. The number of benzene rings is 1. The number of nitrogens with zero attached hydrogens (tertiary/aromatic N) is 1. The van der Waals surface area contributed by atoms with Gasteiger partial charge in [0.2, 0.25) is 0 Å². The molecular formula is C21H27NO3. The van der Waals surface area contributed by atoms with Crippen LogP contribution in [0.25, 0.3) is 0 Å². The second kappa shape index (κ2) is 11.0. The van der Waals surface area contributed by atoms with E-state index in [0.717, 1.165) is 17.7 Å². The van der Waals surface area contributed by atoms with Crippen LogP contribution in [0.2, 0.25) is 0 Å². The minimum absolute atomic E-state index is 0.238. The lowest BCUT2D eigenvalue weighted by Gasteiger charge is -2.13. The van der Waals surface area contributed by atoms with Gasteiger partial charge in [-0.2, -0.15) is 0 Å². The molecular weight excluding hydrogens is 314 g/mol. The molecule has 0 fully saturated rings. The van der Waals surface area contributed by atoms with Crippen LogP contribution in [-0.4, -0.2) is 16.8 Å². The van der Waals surface area contributed by atoms with Gasteiger partial charge < -0.3 is 9.84 Å². The number of hydrogen-bond donors (Lipinski definition) is 1. The third kappa shape index (κ3) is 7.21. The van der Waals surface area contributed by atoms with Crippen molar-refractivity contribution in [2.45, 2.75) is 47.1 Å². The minimum Gasteiger partial charge on any atom is -0.487 e. The van der Waals surface area contributed by atoms with Crippen LogP contribution in [0.1, 0.15) is 46.1 Å². The van der Waals surface area contributed by atoms with Gasteiger partial charge in [-0.15, -0.1) is 0 Å². The van der Waals surface area contributed by atoms with Crippen molar-refractivity contribution in [3.63, 3.8) is 0 Å². The summed E-state index contributed by atoms with van der Waals surface area (Å²) in [4.78, 5) is 15.7. The topological polar surface area (TPSA) is 58.9 Å². The highest BCUT2D eigenvalue weighted by Crippen LogP contribution is 2.15. The molecule has 0 saturated carbocycles. The normalized spacial score (nSPS) is 13.8. The van der Waals surface area contributed by atoms with Crippen molar-refractivity contribution in [3.8, 4) is 0 Å². The molecule has 1 aromatic rings. The summed E-state index contributed by atoms with van der Waals surface area (Å²) < 4.78 is 6.00. The zero-order valence-corrected chi connectivity index (χ0v) is 15.5. The number of carboxylic acid groups (broad SMARTS) is 1. The van der Waals surface area contributed by atoms with E-state index in [2.05, 4.69) is 11.9 Å². The zero-order valence-electron chi connectivity index (χ0n) is 15.5.